The lowest BCUT2D eigenvalue weighted by Gasteiger charge is -2.24. The summed E-state index contributed by atoms with van der Waals surface area (Å²) < 4.78 is 0. The number of hydrogen-bond donors (Lipinski definition) is 4. The van der Waals surface area contributed by atoms with Gasteiger partial charge in [-0.2, -0.15) is 0 Å². The Kier molecular flexibility index (Phi) is 7.91. The van der Waals surface area contributed by atoms with Crippen LogP contribution in [-0.4, -0.2) is 38.0 Å². The van der Waals surface area contributed by atoms with E-state index >= 15 is 0 Å². The fourth-order valence-electron chi connectivity index (χ4n) is 3.13. The quantitative estimate of drug-likeness (QED) is 0.568. The molecule has 0 heterocycles. The topological polar surface area (TPSA) is 91.7 Å². The van der Waals surface area contributed by atoms with Crippen LogP contribution in [0.5, 0.6) is 0 Å². The highest BCUT2D eigenvalue weighted by Crippen LogP contribution is 2.17. The molecular weight excluding hydrogens is 368 g/mol. The van der Waals surface area contributed by atoms with Crippen LogP contribution in [0.3, 0.4) is 0 Å². The minimum Gasteiger partial charge on any atom is -0.338 e. The van der Waals surface area contributed by atoms with Crippen LogP contribution < -0.4 is 20.9 Å². The molecule has 2 aromatic rings. The highest BCUT2D eigenvalue weighted by atomic mass is 16.2. The molecule has 154 valence electrons. The van der Waals surface area contributed by atoms with Crippen LogP contribution >= 0.6 is 0 Å². The number of urea groups is 1. The van der Waals surface area contributed by atoms with Crippen LogP contribution in [0.2, 0.25) is 0 Å². The molecule has 4 amide bonds. The van der Waals surface area contributed by atoms with Gasteiger partial charge in [0.2, 0.25) is 0 Å². The molecule has 0 saturated heterocycles. The van der Waals surface area contributed by atoms with Gasteiger partial charge in [-0.05, 0) is 38.0 Å². The Labute approximate surface area is 171 Å². The molecule has 0 aliphatic heterocycles. The number of carbonyl (C=O) groups is 3. The van der Waals surface area contributed by atoms with E-state index in [0.29, 0.717) is 11.4 Å². The van der Waals surface area contributed by atoms with Gasteiger partial charge in [0.1, 0.15) is 0 Å². The molecule has 1 unspecified atom stereocenters. The standard InChI is InChI=1S/C22H28N4O3/c1-5-23-22(29)25-21(28)20(17-11-7-6-8-12-17)26(4)14-19(27)24-18-13-9-10-15(2)16(18)3/h6-13,20H,5,14H2,1-4H3,(H,24,27)(H2,23,25,28,29)/p+1/t20-/m1/s1. The van der Waals surface area contributed by atoms with E-state index in [0.717, 1.165) is 22.4 Å². The number of quaternary nitrogens is 1. The van der Waals surface area contributed by atoms with Crippen molar-refractivity contribution >= 4 is 23.5 Å². The molecule has 0 aliphatic rings. The highest BCUT2D eigenvalue weighted by molar-refractivity contribution is 5.97. The molecule has 0 fully saturated rings. The minimum atomic E-state index is -0.705. The largest absolute Gasteiger partial charge is 0.338 e. The molecule has 0 radical (unpaired) electrons. The van der Waals surface area contributed by atoms with Crippen molar-refractivity contribution in [2.45, 2.75) is 26.8 Å². The maximum absolute atomic E-state index is 12.8. The number of amides is 4. The summed E-state index contributed by atoms with van der Waals surface area (Å²) in [5.41, 5.74) is 3.58. The summed E-state index contributed by atoms with van der Waals surface area (Å²) >= 11 is 0. The van der Waals surface area contributed by atoms with Crippen molar-refractivity contribution in [2.75, 3.05) is 25.5 Å². The first-order valence-corrected chi connectivity index (χ1v) is 9.65. The predicted octanol–water partition coefficient (Wildman–Crippen LogP) is 1.34. The Morgan fingerprint density at radius 2 is 1.69 bits per heavy atom. The third-order valence-corrected chi connectivity index (χ3v) is 4.78. The van der Waals surface area contributed by atoms with Gasteiger partial charge in [-0.15, -0.1) is 0 Å². The Morgan fingerprint density at radius 3 is 2.34 bits per heavy atom. The zero-order valence-electron chi connectivity index (χ0n) is 17.3. The molecule has 4 N–H and O–H groups in total. The number of anilines is 1. The molecule has 0 aromatic heterocycles. The summed E-state index contributed by atoms with van der Waals surface area (Å²) in [4.78, 5) is 37.9. The van der Waals surface area contributed by atoms with E-state index in [4.69, 9.17) is 0 Å². The van der Waals surface area contributed by atoms with E-state index in [1.54, 1.807) is 14.0 Å². The molecular formula is C22H29N4O3+. The zero-order chi connectivity index (χ0) is 21.4. The molecule has 2 atom stereocenters. The molecule has 0 bridgehead atoms. The first-order valence-electron chi connectivity index (χ1n) is 9.65. The number of benzene rings is 2. The number of rotatable bonds is 7. The van der Waals surface area contributed by atoms with E-state index < -0.39 is 18.0 Å². The van der Waals surface area contributed by atoms with Crippen LogP contribution in [0.1, 0.15) is 29.7 Å². The number of nitrogens with one attached hydrogen (secondary N) is 4. The smallest absolute Gasteiger partial charge is 0.321 e. The van der Waals surface area contributed by atoms with Gasteiger partial charge in [0.05, 0.1) is 7.05 Å². The van der Waals surface area contributed by atoms with Crippen molar-refractivity contribution in [3.05, 3.63) is 65.2 Å². The van der Waals surface area contributed by atoms with Gasteiger partial charge in [-0.1, -0.05) is 42.5 Å². The lowest BCUT2D eigenvalue weighted by molar-refractivity contribution is -0.894. The number of imide groups is 1. The van der Waals surface area contributed by atoms with Crippen LogP contribution in [0.15, 0.2) is 48.5 Å². The first kappa shape index (κ1) is 22.1. The van der Waals surface area contributed by atoms with Gasteiger partial charge in [0, 0.05) is 17.8 Å². The summed E-state index contributed by atoms with van der Waals surface area (Å²) in [6, 6.07) is 13.6. The highest BCUT2D eigenvalue weighted by Gasteiger charge is 2.31. The summed E-state index contributed by atoms with van der Waals surface area (Å²) in [6.45, 7) is 6.19. The third-order valence-electron chi connectivity index (χ3n) is 4.78. The zero-order valence-corrected chi connectivity index (χ0v) is 17.3. The van der Waals surface area contributed by atoms with Crippen LogP contribution in [0.25, 0.3) is 0 Å². The van der Waals surface area contributed by atoms with Gasteiger partial charge in [-0.3, -0.25) is 14.9 Å². The van der Waals surface area contributed by atoms with Gasteiger partial charge in [0.15, 0.2) is 12.6 Å². The van der Waals surface area contributed by atoms with Gasteiger partial charge >= 0.3 is 6.03 Å². The normalized spacial score (nSPS) is 12.6. The van der Waals surface area contributed by atoms with Crippen molar-refractivity contribution in [1.82, 2.24) is 10.6 Å². The monoisotopic (exact) mass is 397 g/mol. The van der Waals surface area contributed by atoms with Crippen LogP contribution in [-0.2, 0) is 9.59 Å². The van der Waals surface area contributed by atoms with Crippen molar-refractivity contribution in [2.24, 2.45) is 0 Å². The summed E-state index contributed by atoms with van der Waals surface area (Å²) in [6.07, 6.45) is 0. The fraction of sp³-hybridized carbons (Fsp3) is 0.318. The Hall–Kier alpha value is -3.19. The second kappa shape index (κ2) is 10.4. The third kappa shape index (κ3) is 6.15. The molecule has 2 aromatic carbocycles. The predicted molar refractivity (Wildman–Crippen MR) is 113 cm³/mol. The van der Waals surface area contributed by atoms with E-state index in [2.05, 4.69) is 16.0 Å². The van der Waals surface area contributed by atoms with Crippen molar-refractivity contribution in [1.29, 1.82) is 0 Å². The average molecular weight is 397 g/mol. The lowest BCUT2D eigenvalue weighted by Crippen LogP contribution is -3.11. The maximum Gasteiger partial charge on any atom is 0.321 e. The lowest BCUT2D eigenvalue weighted by atomic mass is 10.0. The van der Waals surface area contributed by atoms with Gasteiger partial charge in [0.25, 0.3) is 11.8 Å². The van der Waals surface area contributed by atoms with Crippen molar-refractivity contribution in [3.63, 3.8) is 0 Å². The molecule has 2 rings (SSSR count). The number of likely N-dealkylation sites (N-methyl/N-ethyl adjacent to an activating group) is 1. The molecule has 7 heteroatoms. The molecule has 7 nitrogen and oxygen atoms in total. The van der Waals surface area contributed by atoms with Crippen molar-refractivity contribution in [3.8, 4) is 0 Å². The maximum atomic E-state index is 12.8. The van der Waals surface area contributed by atoms with Gasteiger partial charge in [-0.25, -0.2) is 4.79 Å². The summed E-state index contributed by atoms with van der Waals surface area (Å²) in [7, 11) is 1.76. The summed E-state index contributed by atoms with van der Waals surface area (Å²) in [5.74, 6) is -0.665. The van der Waals surface area contributed by atoms with E-state index in [1.165, 1.54) is 0 Å². The molecule has 0 aliphatic carbocycles. The second-order valence-electron chi connectivity index (χ2n) is 7.01. The van der Waals surface area contributed by atoms with E-state index in [9.17, 15) is 14.4 Å². The minimum absolute atomic E-state index is 0.0652. The van der Waals surface area contributed by atoms with Crippen LogP contribution in [0.4, 0.5) is 10.5 Å². The number of aryl methyl sites for hydroxylation is 1. The second-order valence-corrected chi connectivity index (χ2v) is 7.01. The Bertz CT molecular complexity index is 868. The SMILES string of the molecule is CCNC(=O)NC(=O)[C@@H](c1ccccc1)[NH+](C)CC(=O)Nc1cccc(C)c1C. The number of carbonyl (C=O) groups excluding carboxylic acids is 3. The van der Waals surface area contributed by atoms with E-state index in [1.807, 2.05) is 62.4 Å². The average Bonchev–Trinajstić information content (AvgIpc) is 2.66. The first-order chi connectivity index (χ1) is 13.8. The van der Waals surface area contributed by atoms with E-state index in [-0.39, 0.29) is 12.5 Å². The van der Waals surface area contributed by atoms with Gasteiger partial charge < -0.3 is 15.5 Å². The Morgan fingerprint density at radius 1 is 1.00 bits per heavy atom. The summed E-state index contributed by atoms with van der Waals surface area (Å²) in [5, 5.41) is 7.82. The number of hydrogen-bond acceptors (Lipinski definition) is 3. The molecule has 0 saturated carbocycles. The fourth-order valence-corrected chi connectivity index (χ4v) is 3.13. The molecule has 29 heavy (non-hydrogen) atoms. The Balaban J connectivity index is 2.15. The van der Waals surface area contributed by atoms with Crippen molar-refractivity contribution < 1.29 is 19.3 Å². The van der Waals surface area contributed by atoms with Crippen LogP contribution in [0, 0.1) is 13.8 Å². The molecule has 0 spiro atoms.